The van der Waals surface area contributed by atoms with Crippen LogP contribution in [0.4, 0.5) is 0 Å². The summed E-state index contributed by atoms with van der Waals surface area (Å²) in [5, 5.41) is 5.01. The molecule has 0 bridgehead atoms. The molecule has 13 aromatic rings. The van der Waals surface area contributed by atoms with Crippen molar-refractivity contribution >= 4 is 43.6 Å². The summed E-state index contributed by atoms with van der Waals surface area (Å²) < 4.78 is 4.78. The van der Waals surface area contributed by atoms with Gasteiger partial charge in [-0.05, 0) is 152 Å². The number of aromatic nitrogens is 2. The Morgan fingerprint density at radius 2 is 0.456 bits per heavy atom. The molecular formula is C66H44N2. The third-order valence-corrected chi connectivity index (χ3v) is 13.7. The van der Waals surface area contributed by atoms with Crippen LogP contribution >= 0.6 is 0 Å². The maximum absolute atomic E-state index is 2.40. The molecule has 0 aliphatic heterocycles. The van der Waals surface area contributed by atoms with Crippen molar-refractivity contribution in [3.8, 4) is 78.1 Å². The Balaban J connectivity index is 0.809. The highest BCUT2D eigenvalue weighted by atomic mass is 15.0. The average Bonchev–Trinajstić information content (AvgIpc) is 3.94. The molecule has 0 radical (unpaired) electrons. The fourth-order valence-corrected chi connectivity index (χ4v) is 10.4. The Bertz CT molecular complexity index is 4020. The van der Waals surface area contributed by atoms with Gasteiger partial charge < -0.3 is 9.13 Å². The molecule has 0 spiro atoms. The van der Waals surface area contributed by atoms with Crippen molar-refractivity contribution in [1.29, 1.82) is 0 Å². The Kier molecular flexibility index (Phi) is 9.54. The minimum absolute atomic E-state index is 1.16. The summed E-state index contributed by atoms with van der Waals surface area (Å²) in [4.78, 5) is 0. The Hall–Kier alpha value is -8.98. The van der Waals surface area contributed by atoms with E-state index in [1.54, 1.807) is 0 Å². The van der Waals surface area contributed by atoms with Crippen LogP contribution in [0.1, 0.15) is 0 Å². The third kappa shape index (κ3) is 6.90. The van der Waals surface area contributed by atoms with E-state index in [2.05, 4.69) is 276 Å². The van der Waals surface area contributed by atoms with Gasteiger partial charge in [-0.15, -0.1) is 0 Å². The zero-order valence-electron chi connectivity index (χ0n) is 37.3. The number of para-hydroxylation sites is 3. The highest BCUT2D eigenvalue weighted by molar-refractivity contribution is 6.11. The molecule has 0 aliphatic carbocycles. The van der Waals surface area contributed by atoms with Gasteiger partial charge in [0.15, 0.2) is 0 Å². The van der Waals surface area contributed by atoms with Crippen LogP contribution in [-0.4, -0.2) is 9.13 Å². The molecule has 0 unspecified atom stereocenters. The van der Waals surface area contributed by atoms with E-state index in [1.807, 2.05) is 0 Å². The Labute approximate surface area is 395 Å². The van der Waals surface area contributed by atoms with Gasteiger partial charge >= 0.3 is 0 Å². The summed E-state index contributed by atoms with van der Waals surface area (Å²) in [5.74, 6) is 0. The van der Waals surface area contributed by atoms with Gasteiger partial charge in [0.2, 0.25) is 0 Å². The fraction of sp³-hybridized carbons (Fsp3) is 0. The lowest BCUT2D eigenvalue weighted by atomic mass is 9.93. The van der Waals surface area contributed by atoms with Crippen molar-refractivity contribution in [2.24, 2.45) is 0 Å². The average molecular weight is 865 g/mol. The largest absolute Gasteiger partial charge is 0.309 e. The first-order valence-corrected chi connectivity index (χ1v) is 23.4. The van der Waals surface area contributed by atoms with Crippen LogP contribution in [-0.2, 0) is 0 Å². The lowest BCUT2D eigenvalue weighted by Gasteiger charge is -2.12. The number of hydrogen-bond acceptors (Lipinski definition) is 0. The van der Waals surface area contributed by atoms with Gasteiger partial charge in [-0.25, -0.2) is 0 Å². The van der Waals surface area contributed by atoms with Gasteiger partial charge in [-0.3, -0.25) is 0 Å². The van der Waals surface area contributed by atoms with E-state index >= 15 is 0 Å². The van der Waals surface area contributed by atoms with Crippen molar-refractivity contribution in [2.45, 2.75) is 0 Å². The van der Waals surface area contributed by atoms with E-state index in [1.165, 1.54) is 116 Å². The van der Waals surface area contributed by atoms with Gasteiger partial charge in [-0.1, -0.05) is 182 Å². The molecule has 2 aromatic heterocycles. The highest BCUT2D eigenvalue weighted by Gasteiger charge is 2.16. The van der Waals surface area contributed by atoms with Crippen molar-refractivity contribution in [3.63, 3.8) is 0 Å². The first-order valence-electron chi connectivity index (χ1n) is 23.4. The second kappa shape index (κ2) is 16.5. The van der Waals surface area contributed by atoms with Crippen LogP contribution in [0.3, 0.4) is 0 Å². The van der Waals surface area contributed by atoms with Crippen LogP contribution in [0.25, 0.3) is 122 Å². The molecule has 0 N–H and O–H groups in total. The number of fused-ring (bicyclic) bond motifs is 6. The van der Waals surface area contributed by atoms with Crippen molar-refractivity contribution in [1.82, 2.24) is 9.13 Å². The summed E-state index contributed by atoms with van der Waals surface area (Å²) >= 11 is 0. The summed E-state index contributed by atoms with van der Waals surface area (Å²) in [7, 11) is 0. The molecule has 13 rings (SSSR count). The predicted octanol–water partition coefficient (Wildman–Crippen LogP) is 17.9. The molecule has 11 aromatic carbocycles. The van der Waals surface area contributed by atoms with Crippen LogP contribution < -0.4 is 0 Å². The molecule has 2 nitrogen and oxygen atoms in total. The first kappa shape index (κ1) is 39.4. The smallest absolute Gasteiger partial charge is 0.0541 e. The van der Waals surface area contributed by atoms with E-state index < -0.39 is 0 Å². The quantitative estimate of drug-likeness (QED) is 0.144. The van der Waals surface area contributed by atoms with Gasteiger partial charge in [0.1, 0.15) is 0 Å². The van der Waals surface area contributed by atoms with Crippen LogP contribution in [0.5, 0.6) is 0 Å². The number of benzene rings is 11. The van der Waals surface area contributed by atoms with Crippen LogP contribution in [0.15, 0.2) is 267 Å². The summed E-state index contributed by atoms with van der Waals surface area (Å²) in [6.45, 7) is 0. The molecule has 2 heteroatoms. The molecule has 68 heavy (non-hydrogen) atoms. The third-order valence-electron chi connectivity index (χ3n) is 13.7. The highest BCUT2D eigenvalue weighted by Crippen LogP contribution is 2.39. The normalized spacial score (nSPS) is 11.5. The number of rotatable bonds is 8. The number of nitrogens with zero attached hydrogens (tertiary/aromatic N) is 2. The predicted molar refractivity (Wildman–Crippen MR) is 288 cm³/mol. The monoisotopic (exact) mass is 864 g/mol. The molecule has 0 amide bonds. The summed E-state index contributed by atoms with van der Waals surface area (Å²) in [5.41, 5.74) is 21.5. The minimum atomic E-state index is 1.16. The van der Waals surface area contributed by atoms with Crippen LogP contribution in [0, 0.1) is 0 Å². The SMILES string of the molecule is c1ccc(-c2cccc(-n3c4ccccc4c4cc(-c5cccc(-c6cccc(-c7cccc(-c8cccc(-c9ccc%10c(c9)c9ccccc9n%10-c9ccccc9)c8)c7)c6)c5)ccc43)c2)cc1. The summed E-state index contributed by atoms with van der Waals surface area (Å²) in [6.07, 6.45) is 0. The molecule has 318 valence electrons. The zero-order valence-corrected chi connectivity index (χ0v) is 37.3. The fourth-order valence-electron chi connectivity index (χ4n) is 10.4. The molecule has 0 atom stereocenters. The Morgan fingerprint density at radius 3 is 0.897 bits per heavy atom. The van der Waals surface area contributed by atoms with E-state index in [0.29, 0.717) is 0 Å². The van der Waals surface area contributed by atoms with Crippen molar-refractivity contribution < 1.29 is 0 Å². The van der Waals surface area contributed by atoms with Gasteiger partial charge in [0.05, 0.1) is 22.1 Å². The summed E-state index contributed by atoms with van der Waals surface area (Å²) in [6, 6.07) is 97.4. The molecule has 0 saturated carbocycles. The van der Waals surface area contributed by atoms with Gasteiger partial charge in [-0.2, -0.15) is 0 Å². The van der Waals surface area contributed by atoms with E-state index in [-0.39, 0.29) is 0 Å². The zero-order chi connectivity index (χ0) is 45.0. The first-order chi connectivity index (χ1) is 33.7. The second-order valence-corrected chi connectivity index (χ2v) is 17.7. The maximum atomic E-state index is 2.40. The number of hydrogen-bond donors (Lipinski definition) is 0. The lowest BCUT2D eigenvalue weighted by Crippen LogP contribution is -1.94. The van der Waals surface area contributed by atoms with Crippen molar-refractivity contribution in [2.75, 3.05) is 0 Å². The minimum Gasteiger partial charge on any atom is -0.309 e. The lowest BCUT2D eigenvalue weighted by molar-refractivity contribution is 1.18. The van der Waals surface area contributed by atoms with Gasteiger partial charge in [0.25, 0.3) is 0 Å². The standard InChI is InChI=1S/C66H44N2/c1-3-16-45(17-4-1)54-26-15-29-58(42-54)68-64-33-10-8-31-60(64)62-44-56(35-37-66(62)68)53-25-14-23-51(41-53)49-21-12-19-47(39-49)46-18-11-20-48(38-46)50-22-13-24-52(40-50)55-34-36-65-61(43-55)59-30-7-9-32-63(59)67(65)57-27-5-2-6-28-57/h1-44H. The molecule has 2 heterocycles. The van der Waals surface area contributed by atoms with E-state index in [4.69, 9.17) is 0 Å². The molecule has 0 aliphatic rings. The topological polar surface area (TPSA) is 9.86 Å². The molecular weight excluding hydrogens is 821 g/mol. The molecule has 0 saturated heterocycles. The molecule has 0 fully saturated rings. The second-order valence-electron chi connectivity index (χ2n) is 17.7. The van der Waals surface area contributed by atoms with E-state index in [9.17, 15) is 0 Å². The van der Waals surface area contributed by atoms with Crippen molar-refractivity contribution in [3.05, 3.63) is 267 Å². The van der Waals surface area contributed by atoms with E-state index in [0.717, 1.165) is 5.69 Å². The Morgan fingerprint density at radius 1 is 0.162 bits per heavy atom. The van der Waals surface area contributed by atoms with Crippen LogP contribution in [0.2, 0.25) is 0 Å². The van der Waals surface area contributed by atoms with Gasteiger partial charge in [0, 0.05) is 32.9 Å². The maximum Gasteiger partial charge on any atom is 0.0541 e.